The third-order valence-electron chi connectivity index (χ3n) is 2.10. The standard InChI is InChI=1S/C11H18N2O2/c1-4-5-15-7-11-12-6-10(9(3)14)8(2)13-11/h6,9,14H,4-5,7H2,1-3H3/t9-/m1/s1. The first-order valence-electron chi connectivity index (χ1n) is 5.23. The number of aryl methyl sites for hydroxylation is 1. The third-order valence-corrected chi connectivity index (χ3v) is 2.10. The van der Waals surface area contributed by atoms with E-state index in [1.54, 1.807) is 13.1 Å². The fourth-order valence-electron chi connectivity index (χ4n) is 1.31. The molecule has 0 fully saturated rings. The fourth-order valence-corrected chi connectivity index (χ4v) is 1.31. The molecule has 0 unspecified atom stereocenters. The largest absolute Gasteiger partial charge is 0.389 e. The molecule has 0 spiro atoms. The van der Waals surface area contributed by atoms with Gasteiger partial charge in [0.2, 0.25) is 0 Å². The van der Waals surface area contributed by atoms with Crippen molar-refractivity contribution in [2.75, 3.05) is 6.61 Å². The number of aliphatic hydroxyl groups excluding tert-OH is 1. The first-order chi connectivity index (χ1) is 7.15. The average molecular weight is 210 g/mol. The van der Waals surface area contributed by atoms with Crippen LogP contribution in [0.2, 0.25) is 0 Å². The van der Waals surface area contributed by atoms with E-state index < -0.39 is 6.10 Å². The number of aliphatic hydroxyl groups is 1. The second-order valence-electron chi connectivity index (χ2n) is 3.56. The Morgan fingerprint density at radius 1 is 1.53 bits per heavy atom. The van der Waals surface area contributed by atoms with E-state index >= 15 is 0 Å². The molecule has 0 aliphatic carbocycles. The molecule has 0 saturated heterocycles. The molecule has 1 N–H and O–H groups in total. The maximum atomic E-state index is 9.40. The summed E-state index contributed by atoms with van der Waals surface area (Å²) >= 11 is 0. The van der Waals surface area contributed by atoms with Gasteiger partial charge in [0.1, 0.15) is 6.61 Å². The molecule has 0 bridgehead atoms. The van der Waals surface area contributed by atoms with Crippen molar-refractivity contribution in [3.63, 3.8) is 0 Å². The van der Waals surface area contributed by atoms with Crippen molar-refractivity contribution in [2.24, 2.45) is 0 Å². The van der Waals surface area contributed by atoms with E-state index in [0.717, 1.165) is 24.3 Å². The summed E-state index contributed by atoms with van der Waals surface area (Å²) in [5.41, 5.74) is 1.59. The molecule has 4 nitrogen and oxygen atoms in total. The normalized spacial score (nSPS) is 12.8. The Morgan fingerprint density at radius 3 is 2.80 bits per heavy atom. The lowest BCUT2D eigenvalue weighted by Gasteiger charge is -2.08. The summed E-state index contributed by atoms with van der Waals surface area (Å²) in [6.45, 7) is 6.80. The minimum Gasteiger partial charge on any atom is -0.389 e. The van der Waals surface area contributed by atoms with Gasteiger partial charge in [-0.3, -0.25) is 0 Å². The van der Waals surface area contributed by atoms with E-state index in [1.807, 2.05) is 6.92 Å². The highest BCUT2D eigenvalue weighted by Crippen LogP contribution is 2.13. The van der Waals surface area contributed by atoms with Crippen LogP contribution < -0.4 is 0 Å². The minimum absolute atomic E-state index is 0.439. The van der Waals surface area contributed by atoms with Gasteiger partial charge in [-0.1, -0.05) is 6.92 Å². The SMILES string of the molecule is CCCOCc1ncc([C@@H](C)O)c(C)n1. The van der Waals surface area contributed by atoms with Gasteiger partial charge < -0.3 is 9.84 Å². The second-order valence-corrected chi connectivity index (χ2v) is 3.56. The predicted octanol–water partition coefficient (Wildman–Crippen LogP) is 1.76. The number of aromatic nitrogens is 2. The van der Waals surface area contributed by atoms with Gasteiger partial charge in [-0.25, -0.2) is 9.97 Å². The van der Waals surface area contributed by atoms with Crippen molar-refractivity contribution in [1.82, 2.24) is 9.97 Å². The van der Waals surface area contributed by atoms with Crippen molar-refractivity contribution in [2.45, 2.75) is 39.9 Å². The van der Waals surface area contributed by atoms with E-state index in [1.165, 1.54) is 0 Å². The zero-order valence-corrected chi connectivity index (χ0v) is 9.53. The molecule has 1 aromatic heterocycles. The number of ether oxygens (including phenoxy) is 1. The minimum atomic E-state index is -0.518. The zero-order valence-electron chi connectivity index (χ0n) is 9.53. The van der Waals surface area contributed by atoms with Gasteiger partial charge in [0.25, 0.3) is 0 Å². The molecular weight excluding hydrogens is 192 g/mol. The summed E-state index contributed by atoms with van der Waals surface area (Å²) in [6.07, 6.45) is 2.14. The van der Waals surface area contributed by atoms with E-state index in [2.05, 4.69) is 16.9 Å². The van der Waals surface area contributed by atoms with Gasteiger partial charge in [-0.2, -0.15) is 0 Å². The molecule has 1 aromatic rings. The van der Waals surface area contributed by atoms with Crippen LogP contribution in [-0.4, -0.2) is 21.7 Å². The number of hydrogen-bond donors (Lipinski definition) is 1. The number of hydrogen-bond acceptors (Lipinski definition) is 4. The van der Waals surface area contributed by atoms with Crippen molar-refractivity contribution >= 4 is 0 Å². The molecule has 4 heteroatoms. The van der Waals surface area contributed by atoms with E-state index in [4.69, 9.17) is 4.74 Å². The maximum absolute atomic E-state index is 9.40. The van der Waals surface area contributed by atoms with Crippen LogP contribution in [0, 0.1) is 6.92 Å². The summed E-state index contributed by atoms with van der Waals surface area (Å²) < 4.78 is 5.34. The molecule has 0 aliphatic rings. The van der Waals surface area contributed by atoms with Gasteiger partial charge in [-0.05, 0) is 20.3 Å². The summed E-state index contributed by atoms with van der Waals surface area (Å²) in [7, 11) is 0. The highest BCUT2D eigenvalue weighted by atomic mass is 16.5. The lowest BCUT2D eigenvalue weighted by Crippen LogP contribution is -2.05. The van der Waals surface area contributed by atoms with Crippen molar-refractivity contribution in [3.8, 4) is 0 Å². The first-order valence-corrected chi connectivity index (χ1v) is 5.23. The fraction of sp³-hybridized carbons (Fsp3) is 0.636. The Hall–Kier alpha value is -1.00. The van der Waals surface area contributed by atoms with Crippen molar-refractivity contribution < 1.29 is 9.84 Å². The molecule has 1 atom stereocenters. The second kappa shape index (κ2) is 5.78. The average Bonchev–Trinajstić information content (AvgIpc) is 2.17. The Balaban J connectivity index is 2.65. The van der Waals surface area contributed by atoms with Gasteiger partial charge in [0.05, 0.1) is 6.10 Å². The summed E-state index contributed by atoms with van der Waals surface area (Å²) in [4.78, 5) is 8.41. The van der Waals surface area contributed by atoms with E-state index in [0.29, 0.717) is 12.4 Å². The maximum Gasteiger partial charge on any atom is 0.154 e. The van der Waals surface area contributed by atoms with Gasteiger partial charge in [0, 0.05) is 24.1 Å². The van der Waals surface area contributed by atoms with Crippen LogP contribution in [0.25, 0.3) is 0 Å². The van der Waals surface area contributed by atoms with Crippen LogP contribution in [0.15, 0.2) is 6.20 Å². The Labute approximate surface area is 90.3 Å². The molecule has 1 rings (SSSR count). The Bertz CT molecular complexity index is 313. The lowest BCUT2D eigenvalue weighted by molar-refractivity contribution is 0.115. The van der Waals surface area contributed by atoms with Crippen LogP contribution in [-0.2, 0) is 11.3 Å². The van der Waals surface area contributed by atoms with Gasteiger partial charge in [-0.15, -0.1) is 0 Å². The molecule has 0 aromatic carbocycles. The van der Waals surface area contributed by atoms with Gasteiger partial charge in [0.15, 0.2) is 5.82 Å². The van der Waals surface area contributed by atoms with Crippen LogP contribution in [0.5, 0.6) is 0 Å². The molecule has 84 valence electrons. The molecule has 0 amide bonds. The van der Waals surface area contributed by atoms with Crippen LogP contribution >= 0.6 is 0 Å². The van der Waals surface area contributed by atoms with Crippen LogP contribution in [0.3, 0.4) is 0 Å². The molecular formula is C11H18N2O2. The topological polar surface area (TPSA) is 55.2 Å². The zero-order chi connectivity index (χ0) is 11.3. The quantitative estimate of drug-likeness (QED) is 0.752. The van der Waals surface area contributed by atoms with Crippen molar-refractivity contribution in [3.05, 3.63) is 23.3 Å². The predicted molar refractivity (Wildman–Crippen MR) is 57.3 cm³/mol. The number of nitrogens with zero attached hydrogens (tertiary/aromatic N) is 2. The Morgan fingerprint density at radius 2 is 2.27 bits per heavy atom. The lowest BCUT2D eigenvalue weighted by atomic mass is 10.1. The molecule has 15 heavy (non-hydrogen) atoms. The molecule has 0 radical (unpaired) electrons. The molecule has 0 aliphatic heterocycles. The monoisotopic (exact) mass is 210 g/mol. The highest BCUT2D eigenvalue weighted by Gasteiger charge is 2.07. The molecule has 1 heterocycles. The Kier molecular flexibility index (Phi) is 4.65. The summed E-state index contributed by atoms with van der Waals surface area (Å²) in [6, 6.07) is 0. The van der Waals surface area contributed by atoms with Gasteiger partial charge >= 0.3 is 0 Å². The highest BCUT2D eigenvalue weighted by molar-refractivity contribution is 5.18. The van der Waals surface area contributed by atoms with Crippen LogP contribution in [0.1, 0.15) is 43.5 Å². The van der Waals surface area contributed by atoms with E-state index in [9.17, 15) is 5.11 Å². The smallest absolute Gasteiger partial charge is 0.154 e. The summed E-state index contributed by atoms with van der Waals surface area (Å²) in [5, 5.41) is 9.40. The third kappa shape index (κ3) is 3.57. The van der Waals surface area contributed by atoms with Crippen molar-refractivity contribution in [1.29, 1.82) is 0 Å². The molecule has 0 saturated carbocycles. The van der Waals surface area contributed by atoms with Crippen LogP contribution in [0.4, 0.5) is 0 Å². The summed E-state index contributed by atoms with van der Waals surface area (Å²) in [5.74, 6) is 0.672. The van der Waals surface area contributed by atoms with E-state index in [-0.39, 0.29) is 0 Å². The first kappa shape index (κ1) is 12.1. The number of rotatable bonds is 5.